The lowest BCUT2D eigenvalue weighted by molar-refractivity contribution is -0.140. The molecular weight excluding hydrogens is 242 g/mol. The van der Waals surface area contributed by atoms with Crippen LogP contribution in [0.5, 0.6) is 0 Å². The van der Waals surface area contributed by atoms with Crippen molar-refractivity contribution in [3.8, 4) is 0 Å². The lowest BCUT2D eigenvalue weighted by Crippen LogP contribution is -2.37. The van der Waals surface area contributed by atoms with Crippen molar-refractivity contribution in [3.05, 3.63) is 23.7 Å². The second-order valence-corrected chi connectivity index (χ2v) is 6.02. The van der Waals surface area contributed by atoms with E-state index in [1.807, 2.05) is 26.0 Å². The fourth-order valence-electron chi connectivity index (χ4n) is 2.37. The van der Waals surface area contributed by atoms with E-state index in [9.17, 15) is 4.79 Å². The normalized spacial score (nSPS) is 23.6. The van der Waals surface area contributed by atoms with Gasteiger partial charge in [0.1, 0.15) is 17.6 Å². The fraction of sp³-hybridized carbons (Fsp3) is 0.667. The summed E-state index contributed by atoms with van der Waals surface area (Å²) in [6.45, 7) is 6.74. The first-order valence-electron chi connectivity index (χ1n) is 7.02. The topological polar surface area (TPSA) is 62.5 Å². The standard InChI is InChI=1S/C15H23NO3/c1-9(2)6-13(15(17)18)16-8-11-4-5-14(19-11)12-7-10(12)3/h4-5,9-10,12-13,16H,6-8H2,1-3H3,(H,17,18). The first-order chi connectivity index (χ1) is 8.97. The zero-order valence-corrected chi connectivity index (χ0v) is 11.8. The second kappa shape index (κ2) is 5.78. The predicted molar refractivity (Wildman–Crippen MR) is 72.9 cm³/mol. The summed E-state index contributed by atoms with van der Waals surface area (Å²) in [4.78, 5) is 11.1. The number of furan rings is 1. The van der Waals surface area contributed by atoms with Crippen LogP contribution in [-0.2, 0) is 11.3 Å². The van der Waals surface area contributed by atoms with Crippen LogP contribution in [0.3, 0.4) is 0 Å². The number of hydrogen-bond acceptors (Lipinski definition) is 3. The van der Waals surface area contributed by atoms with Crippen molar-refractivity contribution in [2.24, 2.45) is 11.8 Å². The highest BCUT2D eigenvalue weighted by Gasteiger charge is 2.36. The maximum Gasteiger partial charge on any atom is 0.320 e. The maximum absolute atomic E-state index is 11.1. The molecule has 2 rings (SSSR count). The highest BCUT2D eigenvalue weighted by atomic mass is 16.4. The van der Waals surface area contributed by atoms with Crippen LogP contribution >= 0.6 is 0 Å². The molecule has 1 aliphatic rings. The third kappa shape index (κ3) is 3.83. The van der Waals surface area contributed by atoms with E-state index in [2.05, 4.69) is 12.2 Å². The Labute approximate surface area is 114 Å². The zero-order chi connectivity index (χ0) is 14.0. The van der Waals surface area contributed by atoms with Crippen LogP contribution in [0, 0.1) is 11.8 Å². The van der Waals surface area contributed by atoms with Crippen molar-refractivity contribution in [3.63, 3.8) is 0 Å². The molecule has 0 saturated heterocycles. The van der Waals surface area contributed by atoms with E-state index in [1.54, 1.807) is 0 Å². The third-order valence-corrected chi connectivity index (χ3v) is 3.69. The minimum Gasteiger partial charge on any atom is -0.480 e. The van der Waals surface area contributed by atoms with Gasteiger partial charge < -0.3 is 9.52 Å². The first kappa shape index (κ1) is 14.1. The molecule has 19 heavy (non-hydrogen) atoms. The highest BCUT2D eigenvalue weighted by Crippen LogP contribution is 2.47. The molecule has 1 saturated carbocycles. The van der Waals surface area contributed by atoms with Crippen molar-refractivity contribution < 1.29 is 14.3 Å². The smallest absolute Gasteiger partial charge is 0.320 e. The molecule has 2 N–H and O–H groups in total. The van der Waals surface area contributed by atoms with Crippen LogP contribution in [0.25, 0.3) is 0 Å². The molecule has 1 aliphatic carbocycles. The number of aliphatic carboxylic acids is 1. The van der Waals surface area contributed by atoms with Crippen molar-refractivity contribution >= 4 is 5.97 Å². The van der Waals surface area contributed by atoms with Gasteiger partial charge in [-0.25, -0.2) is 0 Å². The van der Waals surface area contributed by atoms with Crippen LogP contribution in [-0.4, -0.2) is 17.1 Å². The van der Waals surface area contributed by atoms with Crippen molar-refractivity contribution in [2.75, 3.05) is 0 Å². The van der Waals surface area contributed by atoms with Gasteiger partial charge in [-0.05, 0) is 36.8 Å². The molecule has 0 amide bonds. The Balaban J connectivity index is 1.86. The summed E-state index contributed by atoms with van der Waals surface area (Å²) in [6, 6.07) is 3.46. The quantitative estimate of drug-likeness (QED) is 0.795. The molecule has 0 aliphatic heterocycles. The summed E-state index contributed by atoms with van der Waals surface area (Å²) >= 11 is 0. The summed E-state index contributed by atoms with van der Waals surface area (Å²) in [5.41, 5.74) is 0. The first-order valence-corrected chi connectivity index (χ1v) is 7.02. The van der Waals surface area contributed by atoms with Crippen molar-refractivity contribution in [2.45, 2.75) is 52.1 Å². The molecule has 0 aromatic carbocycles. The number of rotatable bonds is 7. The number of nitrogens with one attached hydrogen (secondary N) is 1. The van der Waals surface area contributed by atoms with Gasteiger partial charge in [-0.3, -0.25) is 10.1 Å². The fourth-order valence-corrected chi connectivity index (χ4v) is 2.37. The third-order valence-electron chi connectivity index (χ3n) is 3.69. The Morgan fingerprint density at radius 2 is 2.21 bits per heavy atom. The molecule has 0 radical (unpaired) electrons. The Morgan fingerprint density at radius 1 is 1.53 bits per heavy atom. The molecule has 106 valence electrons. The van der Waals surface area contributed by atoms with Gasteiger partial charge in [0.15, 0.2) is 0 Å². The SMILES string of the molecule is CC(C)CC(NCc1ccc(C2CC2C)o1)C(=O)O. The summed E-state index contributed by atoms with van der Waals surface area (Å²) in [5, 5.41) is 12.2. The molecule has 1 aromatic heterocycles. The minimum atomic E-state index is -0.795. The maximum atomic E-state index is 11.1. The van der Waals surface area contributed by atoms with Crippen molar-refractivity contribution in [1.82, 2.24) is 5.32 Å². The summed E-state index contributed by atoms with van der Waals surface area (Å²) in [7, 11) is 0. The van der Waals surface area contributed by atoms with Crippen LogP contribution in [0.1, 0.15) is 51.1 Å². The predicted octanol–water partition coefficient (Wildman–Crippen LogP) is 2.99. The molecule has 3 atom stereocenters. The van der Waals surface area contributed by atoms with Gasteiger partial charge >= 0.3 is 5.97 Å². The largest absolute Gasteiger partial charge is 0.480 e. The number of hydrogen-bond donors (Lipinski definition) is 2. The number of carboxylic acids is 1. The van der Waals surface area contributed by atoms with Gasteiger partial charge in [0.25, 0.3) is 0 Å². The lowest BCUT2D eigenvalue weighted by Gasteiger charge is -2.15. The Bertz CT molecular complexity index is 438. The summed E-state index contributed by atoms with van der Waals surface area (Å²) in [5.74, 6) is 2.72. The van der Waals surface area contributed by atoms with E-state index in [1.165, 1.54) is 6.42 Å². The van der Waals surface area contributed by atoms with Crippen molar-refractivity contribution in [1.29, 1.82) is 0 Å². The average Bonchev–Trinajstić information content (AvgIpc) is 2.88. The number of carboxylic acid groups (broad SMARTS) is 1. The van der Waals surface area contributed by atoms with E-state index < -0.39 is 12.0 Å². The zero-order valence-electron chi connectivity index (χ0n) is 11.8. The Kier molecular flexibility index (Phi) is 4.30. The van der Waals surface area contributed by atoms with E-state index >= 15 is 0 Å². The van der Waals surface area contributed by atoms with Gasteiger partial charge in [-0.2, -0.15) is 0 Å². The van der Waals surface area contributed by atoms with Crippen LogP contribution < -0.4 is 5.32 Å². The molecule has 4 nitrogen and oxygen atoms in total. The Hall–Kier alpha value is -1.29. The van der Waals surface area contributed by atoms with Crippen LogP contribution in [0.15, 0.2) is 16.5 Å². The number of carbonyl (C=O) groups is 1. The molecule has 0 spiro atoms. The van der Waals surface area contributed by atoms with E-state index in [-0.39, 0.29) is 0 Å². The summed E-state index contributed by atoms with van der Waals surface area (Å²) in [6.07, 6.45) is 1.83. The molecule has 0 bridgehead atoms. The van der Waals surface area contributed by atoms with E-state index in [4.69, 9.17) is 9.52 Å². The highest BCUT2D eigenvalue weighted by molar-refractivity contribution is 5.73. The van der Waals surface area contributed by atoms with E-state index in [0.717, 1.165) is 17.4 Å². The van der Waals surface area contributed by atoms with Gasteiger partial charge in [0.2, 0.25) is 0 Å². The summed E-state index contributed by atoms with van der Waals surface area (Å²) < 4.78 is 5.76. The van der Waals surface area contributed by atoms with Crippen LogP contribution in [0.4, 0.5) is 0 Å². The molecule has 3 unspecified atom stereocenters. The minimum absolute atomic E-state index is 0.355. The lowest BCUT2D eigenvalue weighted by atomic mass is 10.0. The molecule has 1 fully saturated rings. The second-order valence-electron chi connectivity index (χ2n) is 6.02. The molecule has 4 heteroatoms. The molecule has 1 heterocycles. The molecule has 1 aromatic rings. The average molecular weight is 265 g/mol. The molecular formula is C15H23NO3. The van der Waals surface area contributed by atoms with E-state index in [0.29, 0.717) is 24.8 Å². The van der Waals surface area contributed by atoms with Gasteiger partial charge in [-0.15, -0.1) is 0 Å². The van der Waals surface area contributed by atoms with Gasteiger partial charge in [0.05, 0.1) is 6.54 Å². The van der Waals surface area contributed by atoms with Gasteiger partial charge in [0, 0.05) is 5.92 Å². The van der Waals surface area contributed by atoms with Crippen LogP contribution in [0.2, 0.25) is 0 Å². The van der Waals surface area contributed by atoms with Gasteiger partial charge in [-0.1, -0.05) is 20.8 Å². The Morgan fingerprint density at radius 3 is 2.74 bits per heavy atom. The monoisotopic (exact) mass is 265 g/mol.